The fourth-order valence-corrected chi connectivity index (χ4v) is 1.67. The highest BCUT2D eigenvalue weighted by Gasteiger charge is 1.98. The molecule has 3 nitrogen and oxygen atoms in total. The number of hydrogen-bond donors (Lipinski definition) is 0. The van der Waals surface area contributed by atoms with Gasteiger partial charge >= 0.3 is 0 Å². The van der Waals surface area contributed by atoms with Crippen molar-refractivity contribution in [2.45, 2.75) is 32.7 Å². The number of rotatable bonds is 4. The molecule has 0 aliphatic heterocycles. The highest BCUT2D eigenvalue weighted by atomic mass is 15.4. The van der Waals surface area contributed by atoms with Crippen LogP contribution < -0.4 is 0 Å². The molecule has 0 atom stereocenters. The monoisotopic (exact) mass is 263 g/mol. The molecule has 0 unspecified atom stereocenters. The minimum Gasteiger partial charge on any atom is -0.247 e. The Morgan fingerprint density at radius 2 is 2.00 bits per heavy atom. The first-order valence-electron chi connectivity index (χ1n) is 6.81. The van der Waals surface area contributed by atoms with E-state index in [2.05, 4.69) is 53.1 Å². The van der Waals surface area contributed by atoms with Crippen LogP contribution >= 0.6 is 0 Å². The summed E-state index contributed by atoms with van der Waals surface area (Å²) in [5.74, 6) is 11.6. The van der Waals surface area contributed by atoms with Crippen molar-refractivity contribution in [3.63, 3.8) is 0 Å². The van der Waals surface area contributed by atoms with E-state index in [1.807, 2.05) is 24.4 Å². The second kappa shape index (κ2) is 7.81. The Bertz CT molecular complexity index is 648. The van der Waals surface area contributed by atoms with Gasteiger partial charge in [0.2, 0.25) is 0 Å². The van der Waals surface area contributed by atoms with Gasteiger partial charge in [0.15, 0.2) is 5.69 Å². The van der Waals surface area contributed by atoms with Crippen LogP contribution in [0.25, 0.3) is 0 Å². The van der Waals surface area contributed by atoms with Gasteiger partial charge in [0.25, 0.3) is 0 Å². The normalized spacial score (nSPS) is 9.25. The van der Waals surface area contributed by atoms with E-state index < -0.39 is 0 Å². The van der Waals surface area contributed by atoms with Crippen LogP contribution in [0, 0.1) is 23.7 Å². The van der Waals surface area contributed by atoms with Crippen molar-refractivity contribution < 1.29 is 0 Å². The predicted molar refractivity (Wildman–Crippen MR) is 79.7 cm³/mol. The average Bonchev–Trinajstić information content (AvgIpc) is 2.91. The molecular formula is C17H17N3. The second-order valence-electron chi connectivity index (χ2n) is 4.44. The van der Waals surface area contributed by atoms with Gasteiger partial charge < -0.3 is 0 Å². The Morgan fingerprint density at radius 3 is 2.80 bits per heavy atom. The van der Waals surface area contributed by atoms with Crippen LogP contribution in [0.3, 0.4) is 0 Å². The van der Waals surface area contributed by atoms with Crippen LogP contribution in [0.4, 0.5) is 0 Å². The smallest absolute Gasteiger partial charge is 0.156 e. The predicted octanol–water partition coefficient (Wildman–Crippen LogP) is 2.87. The van der Waals surface area contributed by atoms with Gasteiger partial charge in [-0.05, 0) is 29.7 Å². The molecule has 0 saturated heterocycles. The van der Waals surface area contributed by atoms with Gasteiger partial charge in [-0.1, -0.05) is 54.8 Å². The summed E-state index contributed by atoms with van der Waals surface area (Å²) in [6, 6.07) is 10.1. The van der Waals surface area contributed by atoms with Crippen molar-refractivity contribution >= 4 is 0 Å². The molecule has 0 fully saturated rings. The molecule has 3 heteroatoms. The van der Waals surface area contributed by atoms with Crippen LogP contribution in [-0.4, -0.2) is 15.0 Å². The number of benzene rings is 1. The number of aromatic nitrogens is 3. The van der Waals surface area contributed by atoms with Crippen LogP contribution in [-0.2, 0) is 6.54 Å². The fraction of sp³-hybridized carbons (Fsp3) is 0.294. The van der Waals surface area contributed by atoms with Gasteiger partial charge in [0, 0.05) is 6.42 Å². The van der Waals surface area contributed by atoms with E-state index in [1.165, 1.54) is 5.56 Å². The lowest BCUT2D eigenvalue weighted by Gasteiger charge is -1.98. The minimum atomic E-state index is 0.658. The fourth-order valence-electron chi connectivity index (χ4n) is 1.67. The van der Waals surface area contributed by atoms with Crippen LogP contribution in [0.15, 0.2) is 36.5 Å². The SMILES string of the molecule is CCCCC#CC#Cc1cn(Cc2ccccc2)nn1. The highest BCUT2D eigenvalue weighted by molar-refractivity contribution is 5.34. The van der Waals surface area contributed by atoms with E-state index in [0.29, 0.717) is 12.2 Å². The van der Waals surface area contributed by atoms with Crippen molar-refractivity contribution in [2.75, 3.05) is 0 Å². The Balaban J connectivity index is 1.92. The van der Waals surface area contributed by atoms with E-state index in [4.69, 9.17) is 0 Å². The first-order chi connectivity index (χ1) is 9.88. The molecular weight excluding hydrogens is 246 g/mol. The number of nitrogens with zero attached hydrogens (tertiary/aromatic N) is 3. The maximum atomic E-state index is 4.06. The molecule has 0 N–H and O–H groups in total. The maximum Gasteiger partial charge on any atom is 0.156 e. The van der Waals surface area contributed by atoms with Gasteiger partial charge in [-0.15, -0.1) is 5.10 Å². The Hall–Kier alpha value is -2.52. The third kappa shape index (κ3) is 4.63. The van der Waals surface area contributed by atoms with E-state index in [1.54, 1.807) is 4.68 Å². The summed E-state index contributed by atoms with van der Waals surface area (Å²) < 4.78 is 1.78. The molecule has 0 spiro atoms. The molecule has 2 aromatic rings. The van der Waals surface area contributed by atoms with Crippen molar-refractivity contribution in [3.05, 3.63) is 47.8 Å². The van der Waals surface area contributed by atoms with Crippen LogP contribution in [0.1, 0.15) is 37.4 Å². The number of hydrogen-bond acceptors (Lipinski definition) is 2. The van der Waals surface area contributed by atoms with E-state index in [-0.39, 0.29) is 0 Å². The molecule has 0 bridgehead atoms. The average molecular weight is 263 g/mol. The van der Waals surface area contributed by atoms with Crippen LogP contribution in [0.2, 0.25) is 0 Å². The third-order valence-corrected chi connectivity index (χ3v) is 2.72. The summed E-state index contributed by atoms with van der Waals surface area (Å²) in [5.41, 5.74) is 1.85. The standard InChI is InChI=1S/C17H17N3/c1-2-3-4-5-6-10-13-17-15-20(19-18-17)14-16-11-8-7-9-12-16/h7-9,11-12,15H,2-4,14H2,1H3. The van der Waals surface area contributed by atoms with Crippen molar-refractivity contribution in [1.29, 1.82) is 0 Å². The Kier molecular flexibility index (Phi) is 5.43. The molecule has 0 aliphatic carbocycles. The zero-order chi connectivity index (χ0) is 14.0. The first kappa shape index (κ1) is 13.9. The largest absolute Gasteiger partial charge is 0.247 e. The lowest BCUT2D eigenvalue weighted by Crippen LogP contribution is -1.99. The van der Waals surface area contributed by atoms with Gasteiger partial charge in [-0.3, -0.25) is 0 Å². The van der Waals surface area contributed by atoms with E-state index in [0.717, 1.165) is 19.3 Å². The lowest BCUT2D eigenvalue weighted by molar-refractivity contribution is 0.649. The summed E-state index contributed by atoms with van der Waals surface area (Å²) >= 11 is 0. The second-order valence-corrected chi connectivity index (χ2v) is 4.44. The molecule has 2 rings (SSSR count). The zero-order valence-electron chi connectivity index (χ0n) is 11.6. The summed E-state index contributed by atoms with van der Waals surface area (Å²) in [6.45, 7) is 2.86. The van der Waals surface area contributed by atoms with E-state index in [9.17, 15) is 0 Å². The van der Waals surface area contributed by atoms with E-state index >= 15 is 0 Å². The molecule has 1 heterocycles. The molecule has 1 aromatic heterocycles. The first-order valence-corrected chi connectivity index (χ1v) is 6.81. The minimum absolute atomic E-state index is 0.658. The Labute approximate surface area is 120 Å². The molecule has 0 radical (unpaired) electrons. The third-order valence-electron chi connectivity index (χ3n) is 2.72. The summed E-state index contributed by atoms with van der Waals surface area (Å²) in [5, 5.41) is 8.07. The number of unbranched alkanes of at least 4 members (excludes halogenated alkanes) is 2. The molecule has 100 valence electrons. The van der Waals surface area contributed by atoms with Gasteiger partial charge in [-0.25, -0.2) is 4.68 Å². The quantitative estimate of drug-likeness (QED) is 0.627. The molecule has 1 aromatic carbocycles. The Morgan fingerprint density at radius 1 is 1.15 bits per heavy atom. The summed E-state index contributed by atoms with van der Waals surface area (Å²) in [7, 11) is 0. The molecule has 0 saturated carbocycles. The van der Waals surface area contributed by atoms with Crippen molar-refractivity contribution in [3.8, 4) is 23.7 Å². The zero-order valence-corrected chi connectivity index (χ0v) is 11.6. The van der Waals surface area contributed by atoms with Gasteiger partial charge in [-0.2, -0.15) is 0 Å². The molecule has 20 heavy (non-hydrogen) atoms. The topological polar surface area (TPSA) is 30.7 Å². The van der Waals surface area contributed by atoms with Crippen molar-refractivity contribution in [1.82, 2.24) is 15.0 Å². The summed E-state index contributed by atoms with van der Waals surface area (Å²) in [4.78, 5) is 0. The highest BCUT2D eigenvalue weighted by Crippen LogP contribution is 2.01. The van der Waals surface area contributed by atoms with Gasteiger partial charge in [0.1, 0.15) is 0 Å². The molecule has 0 aliphatic rings. The lowest BCUT2D eigenvalue weighted by atomic mass is 10.2. The van der Waals surface area contributed by atoms with Crippen LogP contribution in [0.5, 0.6) is 0 Å². The summed E-state index contributed by atoms with van der Waals surface area (Å²) in [6.07, 6.45) is 5.04. The maximum absolute atomic E-state index is 4.06. The van der Waals surface area contributed by atoms with Crippen molar-refractivity contribution in [2.24, 2.45) is 0 Å². The van der Waals surface area contributed by atoms with Gasteiger partial charge in [0.05, 0.1) is 12.7 Å². The molecule has 0 amide bonds.